The maximum Gasteiger partial charge on any atom is 0.309 e. The highest BCUT2D eigenvalue weighted by molar-refractivity contribution is 5.83. The molecule has 1 saturated heterocycles. The average molecular weight is 345 g/mol. The number of benzene rings is 1. The zero-order valence-electron chi connectivity index (χ0n) is 15.2. The Bertz CT molecular complexity index is 652. The van der Waals surface area contributed by atoms with Crippen LogP contribution in [-0.2, 0) is 9.59 Å². The average Bonchev–Trinajstić information content (AvgIpc) is 3.42. The summed E-state index contributed by atoms with van der Waals surface area (Å²) in [5, 5.41) is 9.46. The Morgan fingerprint density at radius 1 is 1.24 bits per heavy atom. The van der Waals surface area contributed by atoms with Gasteiger partial charge in [0, 0.05) is 19.0 Å². The maximum atomic E-state index is 12.9. The molecule has 2 fully saturated rings. The molecule has 1 amide bonds. The van der Waals surface area contributed by atoms with Crippen molar-refractivity contribution in [2.75, 3.05) is 20.2 Å². The number of hydrogen-bond acceptors (Lipinski definition) is 3. The minimum Gasteiger partial charge on any atom is -0.497 e. The lowest BCUT2D eigenvalue weighted by Crippen LogP contribution is -2.47. The number of carboxylic acids is 1. The molecule has 25 heavy (non-hydrogen) atoms. The van der Waals surface area contributed by atoms with Gasteiger partial charge in [0.1, 0.15) is 5.75 Å². The molecule has 0 aromatic heterocycles. The van der Waals surface area contributed by atoms with Gasteiger partial charge in [0.25, 0.3) is 0 Å². The van der Waals surface area contributed by atoms with Gasteiger partial charge in [-0.1, -0.05) is 12.1 Å². The SMILES string of the molecule is COc1ccc([C@@H]2C[C@H]2C(=O)N2CCCC(C(C)(C)C(=O)O)C2)cc1. The van der Waals surface area contributed by atoms with Crippen LogP contribution >= 0.6 is 0 Å². The monoisotopic (exact) mass is 345 g/mol. The van der Waals surface area contributed by atoms with E-state index in [-0.39, 0.29) is 23.7 Å². The summed E-state index contributed by atoms with van der Waals surface area (Å²) >= 11 is 0. The lowest BCUT2D eigenvalue weighted by Gasteiger charge is -2.39. The van der Waals surface area contributed by atoms with Crippen molar-refractivity contribution in [1.29, 1.82) is 0 Å². The number of amides is 1. The minimum atomic E-state index is -0.794. The third-order valence-electron chi connectivity index (χ3n) is 5.96. The largest absolute Gasteiger partial charge is 0.497 e. The van der Waals surface area contributed by atoms with Gasteiger partial charge in [0.05, 0.1) is 12.5 Å². The topological polar surface area (TPSA) is 66.8 Å². The van der Waals surface area contributed by atoms with Crippen LogP contribution in [0.5, 0.6) is 5.75 Å². The van der Waals surface area contributed by atoms with Crippen molar-refractivity contribution >= 4 is 11.9 Å². The molecule has 1 aromatic rings. The van der Waals surface area contributed by atoms with Crippen molar-refractivity contribution in [3.63, 3.8) is 0 Å². The fourth-order valence-corrected chi connectivity index (χ4v) is 3.86. The molecule has 1 heterocycles. The van der Waals surface area contributed by atoms with Crippen LogP contribution in [0.1, 0.15) is 44.6 Å². The number of hydrogen-bond donors (Lipinski definition) is 1. The van der Waals surface area contributed by atoms with Crippen molar-refractivity contribution in [3.8, 4) is 5.75 Å². The number of likely N-dealkylation sites (tertiary alicyclic amines) is 1. The molecule has 1 N–H and O–H groups in total. The zero-order valence-corrected chi connectivity index (χ0v) is 15.2. The number of aliphatic carboxylic acids is 1. The van der Waals surface area contributed by atoms with Gasteiger partial charge in [-0.25, -0.2) is 0 Å². The van der Waals surface area contributed by atoms with E-state index in [1.807, 2.05) is 29.2 Å². The summed E-state index contributed by atoms with van der Waals surface area (Å²) in [6.07, 6.45) is 2.64. The Morgan fingerprint density at radius 2 is 1.92 bits per heavy atom. The second-order valence-electron chi connectivity index (χ2n) is 7.87. The van der Waals surface area contributed by atoms with Gasteiger partial charge in [-0.2, -0.15) is 0 Å². The number of carbonyl (C=O) groups excluding carboxylic acids is 1. The normalized spacial score (nSPS) is 26.2. The molecule has 5 heteroatoms. The zero-order chi connectivity index (χ0) is 18.2. The third kappa shape index (κ3) is 3.51. The van der Waals surface area contributed by atoms with Gasteiger partial charge in [-0.3, -0.25) is 9.59 Å². The molecule has 3 atom stereocenters. The second kappa shape index (κ2) is 6.70. The van der Waals surface area contributed by atoms with Crippen LogP contribution in [-0.4, -0.2) is 42.1 Å². The number of carbonyl (C=O) groups is 2. The number of methoxy groups -OCH3 is 1. The van der Waals surface area contributed by atoms with E-state index in [2.05, 4.69) is 0 Å². The van der Waals surface area contributed by atoms with E-state index in [0.29, 0.717) is 6.54 Å². The molecule has 0 radical (unpaired) electrons. The van der Waals surface area contributed by atoms with Crippen LogP contribution in [0.3, 0.4) is 0 Å². The van der Waals surface area contributed by atoms with E-state index < -0.39 is 11.4 Å². The van der Waals surface area contributed by atoms with E-state index in [0.717, 1.165) is 31.6 Å². The Balaban J connectivity index is 1.62. The summed E-state index contributed by atoms with van der Waals surface area (Å²) in [5.74, 6) is 0.565. The first kappa shape index (κ1) is 17.8. The van der Waals surface area contributed by atoms with Gasteiger partial charge in [-0.05, 0) is 62.6 Å². The summed E-state index contributed by atoms with van der Waals surface area (Å²) < 4.78 is 5.18. The molecule has 0 bridgehead atoms. The number of ether oxygens (including phenoxy) is 1. The first-order valence-electron chi connectivity index (χ1n) is 9.00. The van der Waals surface area contributed by atoms with Gasteiger partial charge in [-0.15, -0.1) is 0 Å². The molecule has 1 aliphatic heterocycles. The highest BCUT2D eigenvalue weighted by atomic mass is 16.5. The van der Waals surface area contributed by atoms with E-state index in [4.69, 9.17) is 4.74 Å². The molecule has 1 aliphatic carbocycles. The summed E-state index contributed by atoms with van der Waals surface area (Å²) in [5.41, 5.74) is 0.385. The van der Waals surface area contributed by atoms with Crippen molar-refractivity contribution < 1.29 is 19.4 Å². The quantitative estimate of drug-likeness (QED) is 0.890. The summed E-state index contributed by atoms with van der Waals surface area (Å²) in [4.78, 5) is 26.3. The Kier molecular flexibility index (Phi) is 4.76. The van der Waals surface area contributed by atoms with Crippen LogP contribution in [0.2, 0.25) is 0 Å². The van der Waals surface area contributed by atoms with Gasteiger partial charge >= 0.3 is 5.97 Å². The van der Waals surface area contributed by atoms with Crippen LogP contribution < -0.4 is 4.74 Å². The van der Waals surface area contributed by atoms with Crippen molar-refractivity contribution in [1.82, 2.24) is 4.90 Å². The molecule has 1 saturated carbocycles. The van der Waals surface area contributed by atoms with Crippen molar-refractivity contribution in [3.05, 3.63) is 29.8 Å². The van der Waals surface area contributed by atoms with E-state index in [1.54, 1.807) is 21.0 Å². The van der Waals surface area contributed by atoms with Gasteiger partial charge in [0.2, 0.25) is 5.91 Å². The molecule has 1 aromatic carbocycles. The molecule has 0 spiro atoms. The second-order valence-corrected chi connectivity index (χ2v) is 7.87. The highest BCUT2D eigenvalue weighted by Crippen LogP contribution is 2.49. The standard InChI is InChI=1S/C20H27NO4/c1-20(2,19(23)24)14-5-4-10-21(12-14)18(22)17-11-16(17)13-6-8-15(25-3)9-7-13/h6-9,14,16-17H,4-5,10-12H2,1-3H3,(H,23,24)/t14?,16-,17+/m0/s1. The van der Waals surface area contributed by atoms with Crippen LogP contribution in [0.4, 0.5) is 0 Å². The first-order chi connectivity index (χ1) is 11.8. The number of carboxylic acid groups (broad SMARTS) is 1. The van der Waals surface area contributed by atoms with Crippen LogP contribution in [0.25, 0.3) is 0 Å². The Morgan fingerprint density at radius 3 is 2.52 bits per heavy atom. The van der Waals surface area contributed by atoms with Crippen LogP contribution in [0.15, 0.2) is 24.3 Å². The molecule has 5 nitrogen and oxygen atoms in total. The molecule has 2 aliphatic rings. The van der Waals surface area contributed by atoms with Crippen molar-refractivity contribution in [2.24, 2.45) is 17.3 Å². The fourth-order valence-electron chi connectivity index (χ4n) is 3.86. The molecule has 136 valence electrons. The number of nitrogens with zero attached hydrogens (tertiary/aromatic N) is 1. The predicted molar refractivity (Wildman–Crippen MR) is 94.6 cm³/mol. The summed E-state index contributed by atoms with van der Waals surface area (Å²) in [7, 11) is 1.64. The minimum absolute atomic E-state index is 0.0147. The highest BCUT2D eigenvalue weighted by Gasteiger charge is 2.47. The smallest absolute Gasteiger partial charge is 0.309 e. The molecule has 1 unspecified atom stereocenters. The predicted octanol–water partition coefficient (Wildman–Crippen LogP) is 3.15. The van der Waals surface area contributed by atoms with Gasteiger partial charge < -0.3 is 14.7 Å². The van der Waals surface area contributed by atoms with E-state index in [9.17, 15) is 14.7 Å². The number of rotatable bonds is 5. The summed E-state index contributed by atoms with van der Waals surface area (Å²) in [6, 6.07) is 7.93. The van der Waals surface area contributed by atoms with Crippen LogP contribution in [0, 0.1) is 17.3 Å². The Hall–Kier alpha value is -2.04. The van der Waals surface area contributed by atoms with Gasteiger partial charge in [0.15, 0.2) is 0 Å². The third-order valence-corrected chi connectivity index (χ3v) is 5.96. The van der Waals surface area contributed by atoms with E-state index >= 15 is 0 Å². The molecular formula is C20H27NO4. The van der Waals surface area contributed by atoms with E-state index in [1.165, 1.54) is 5.56 Å². The first-order valence-corrected chi connectivity index (χ1v) is 9.00. The molecule has 3 rings (SSSR count). The summed E-state index contributed by atoms with van der Waals surface area (Å²) in [6.45, 7) is 4.84. The van der Waals surface area contributed by atoms with Crippen molar-refractivity contribution in [2.45, 2.75) is 39.0 Å². The molecular weight excluding hydrogens is 318 g/mol. The Labute approximate surface area is 149 Å². The maximum absolute atomic E-state index is 12.9. The fraction of sp³-hybridized carbons (Fsp3) is 0.600. The lowest BCUT2D eigenvalue weighted by atomic mass is 9.74. The number of piperidine rings is 1. The lowest BCUT2D eigenvalue weighted by molar-refractivity contribution is -0.153.